The van der Waals surface area contributed by atoms with Gasteiger partial charge in [-0.1, -0.05) is 32.9 Å². The van der Waals surface area contributed by atoms with Gasteiger partial charge in [-0.2, -0.15) is 5.26 Å². The number of carbonyl (C=O) groups excluding carboxylic acids is 2. The van der Waals surface area contributed by atoms with E-state index in [1.807, 2.05) is 13.0 Å². The smallest absolute Gasteiger partial charge is 0.410 e. The number of nitriles is 1. The van der Waals surface area contributed by atoms with Gasteiger partial charge < -0.3 is 25.0 Å². The first-order valence-corrected chi connectivity index (χ1v) is 12.1. The summed E-state index contributed by atoms with van der Waals surface area (Å²) in [5.74, 6) is -0.718. The van der Waals surface area contributed by atoms with Crippen molar-refractivity contribution in [2.24, 2.45) is 34.5 Å². The Bertz CT molecular complexity index is 1010. The van der Waals surface area contributed by atoms with Gasteiger partial charge in [-0.3, -0.25) is 4.79 Å². The van der Waals surface area contributed by atoms with Gasteiger partial charge in [-0.05, 0) is 54.6 Å². The SMILES string of the molecule is CC1=CC23C(=O)[C@@H](C=C(CO)[C@@H](O)[C@]2(O)[C@H]1OC(=O)N(C)C(C)CC#N)[C@H]1[C@@H](CC3C)C1(C)C. The van der Waals surface area contributed by atoms with E-state index in [0.29, 0.717) is 12.0 Å². The summed E-state index contributed by atoms with van der Waals surface area (Å²) in [5.41, 5.74) is -3.01. The van der Waals surface area contributed by atoms with Crippen molar-refractivity contribution in [1.82, 2.24) is 4.90 Å². The van der Waals surface area contributed by atoms with Gasteiger partial charge in [0.05, 0.1) is 24.5 Å². The predicted molar refractivity (Wildman–Crippen MR) is 123 cm³/mol. The van der Waals surface area contributed by atoms with Gasteiger partial charge in [0.15, 0.2) is 17.5 Å². The summed E-state index contributed by atoms with van der Waals surface area (Å²) < 4.78 is 5.79. The fraction of sp³-hybridized carbons (Fsp3) is 0.731. The van der Waals surface area contributed by atoms with Gasteiger partial charge in [0.25, 0.3) is 0 Å². The third-order valence-electron chi connectivity index (χ3n) is 9.45. The number of amides is 1. The Hall–Kier alpha value is -2.21. The molecule has 0 aromatic heterocycles. The molecule has 3 N–H and O–H groups in total. The number of ether oxygens (including phenoxy) is 1. The molecule has 4 aliphatic rings. The fourth-order valence-electron chi connectivity index (χ4n) is 7.23. The Morgan fingerprint density at radius 2 is 2.06 bits per heavy atom. The van der Waals surface area contributed by atoms with Crippen LogP contribution in [-0.4, -0.2) is 69.6 Å². The van der Waals surface area contributed by atoms with Crippen LogP contribution < -0.4 is 0 Å². The highest BCUT2D eigenvalue weighted by molar-refractivity contribution is 5.95. The van der Waals surface area contributed by atoms with Crippen molar-refractivity contribution in [2.45, 2.75) is 71.3 Å². The lowest BCUT2D eigenvalue weighted by Gasteiger charge is -2.49. The van der Waals surface area contributed by atoms with E-state index >= 15 is 0 Å². The number of nitrogens with zero attached hydrogens (tertiary/aromatic N) is 2. The van der Waals surface area contributed by atoms with Gasteiger partial charge in [0, 0.05) is 19.0 Å². The number of hydrogen-bond donors (Lipinski definition) is 3. The van der Waals surface area contributed by atoms with Crippen molar-refractivity contribution in [2.75, 3.05) is 13.7 Å². The van der Waals surface area contributed by atoms with E-state index < -0.39 is 47.9 Å². The minimum absolute atomic E-state index is 0.0521. The lowest BCUT2D eigenvalue weighted by atomic mass is 9.59. The Labute approximate surface area is 200 Å². The summed E-state index contributed by atoms with van der Waals surface area (Å²) in [5, 5.41) is 42.9. The second kappa shape index (κ2) is 7.91. The Morgan fingerprint density at radius 3 is 2.65 bits per heavy atom. The first-order valence-electron chi connectivity index (χ1n) is 12.1. The van der Waals surface area contributed by atoms with Crippen molar-refractivity contribution < 1.29 is 29.6 Å². The van der Waals surface area contributed by atoms with Crippen LogP contribution in [0.4, 0.5) is 4.79 Å². The molecule has 8 heteroatoms. The summed E-state index contributed by atoms with van der Waals surface area (Å²) in [6.45, 7) is 9.08. The van der Waals surface area contributed by atoms with Crippen LogP contribution in [0.5, 0.6) is 0 Å². The number of allylic oxidation sites excluding steroid dienone is 1. The van der Waals surface area contributed by atoms with Gasteiger partial charge in [0.2, 0.25) is 0 Å². The minimum Gasteiger partial charge on any atom is -0.438 e. The van der Waals surface area contributed by atoms with Crippen molar-refractivity contribution in [1.29, 1.82) is 5.26 Å². The molecular weight excluding hydrogens is 436 g/mol. The van der Waals surface area contributed by atoms with Crippen LogP contribution in [0.25, 0.3) is 0 Å². The number of fused-ring (bicyclic) bond motifs is 3. The standard InChI is InChI=1S/C26H36N2O6/c1-13-11-25-14(2)9-18-19(24(18,4)5)17(21(25)31)10-16(12-29)20(30)26(25,33)22(13)34-23(32)28(6)15(3)7-8-27/h10-11,14-15,17-20,22,29-30,33H,7,9,12H2,1-6H3/t14?,15?,17-,18+,19-,20+,22-,25?,26-/m0/s1. The zero-order chi connectivity index (χ0) is 25.4. The van der Waals surface area contributed by atoms with Crippen molar-refractivity contribution in [3.8, 4) is 6.07 Å². The third-order valence-corrected chi connectivity index (χ3v) is 9.45. The number of aliphatic hydroxyl groups excluding tert-OH is 2. The highest BCUT2D eigenvalue weighted by atomic mass is 16.6. The molecular formula is C26H36N2O6. The second-order valence-corrected chi connectivity index (χ2v) is 11.5. The first-order chi connectivity index (χ1) is 15.8. The van der Waals surface area contributed by atoms with Crippen LogP contribution in [0, 0.1) is 45.8 Å². The topological polar surface area (TPSA) is 131 Å². The molecule has 1 spiro atoms. The molecule has 0 aliphatic heterocycles. The molecule has 4 aliphatic carbocycles. The predicted octanol–water partition coefficient (Wildman–Crippen LogP) is 2.19. The number of rotatable bonds is 4. The summed E-state index contributed by atoms with van der Waals surface area (Å²) in [6, 6.07) is 1.60. The van der Waals surface area contributed by atoms with Crippen LogP contribution in [0.1, 0.15) is 47.5 Å². The molecule has 4 rings (SSSR count). The largest absolute Gasteiger partial charge is 0.438 e. The molecule has 3 unspecified atom stereocenters. The van der Waals surface area contributed by atoms with E-state index in [2.05, 4.69) is 13.8 Å². The molecule has 8 nitrogen and oxygen atoms in total. The number of aliphatic hydroxyl groups is 3. The molecule has 2 bridgehead atoms. The van der Waals surface area contributed by atoms with E-state index in [9.17, 15) is 24.9 Å². The van der Waals surface area contributed by atoms with Gasteiger partial charge >= 0.3 is 6.09 Å². The Balaban J connectivity index is 1.81. The Morgan fingerprint density at radius 1 is 1.41 bits per heavy atom. The molecule has 0 aromatic carbocycles. The quantitative estimate of drug-likeness (QED) is 0.535. The van der Waals surface area contributed by atoms with E-state index in [4.69, 9.17) is 10.00 Å². The number of carbonyl (C=O) groups is 2. The van der Waals surface area contributed by atoms with Crippen LogP contribution in [0.15, 0.2) is 23.3 Å². The zero-order valence-electron chi connectivity index (χ0n) is 20.8. The normalized spacial score (nSPS) is 42.6. The Kier molecular flexibility index (Phi) is 5.79. The van der Waals surface area contributed by atoms with E-state index in [1.54, 1.807) is 26.0 Å². The maximum Gasteiger partial charge on any atom is 0.410 e. The highest BCUT2D eigenvalue weighted by Crippen LogP contribution is 2.71. The van der Waals surface area contributed by atoms with Gasteiger partial charge in [0.1, 0.15) is 6.10 Å². The first kappa shape index (κ1) is 24.9. The average molecular weight is 473 g/mol. The lowest BCUT2D eigenvalue weighted by molar-refractivity contribution is -0.191. The highest BCUT2D eigenvalue weighted by Gasteiger charge is 2.76. The van der Waals surface area contributed by atoms with Crippen molar-refractivity contribution >= 4 is 11.9 Å². The number of hydrogen-bond acceptors (Lipinski definition) is 7. The molecule has 0 aromatic rings. The zero-order valence-corrected chi connectivity index (χ0v) is 20.8. The maximum atomic E-state index is 14.3. The summed E-state index contributed by atoms with van der Waals surface area (Å²) in [6.07, 6.45) is 0.522. The number of Topliss-reactive ketones (excluding diaryl/α,β-unsaturated/α-hetero) is 1. The van der Waals surface area contributed by atoms with Crippen LogP contribution in [0.3, 0.4) is 0 Å². The molecule has 0 radical (unpaired) electrons. The van der Waals surface area contributed by atoms with E-state index in [-0.39, 0.29) is 40.9 Å². The molecule has 0 saturated heterocycles. The summed E-state index contributed by atoms with van der Waals surface area (Å²) in [4.78, 5) is 28.5. The van der Waals surface area contributed by atoms with Crippen LogP contribution in [0.2, 0.25) is 0 Å². The molecule has 2 fully saturated rings. The molecule has 186 valence electrons. The average Bonchev–Trinajstić information content (AvgIpc) is 3.27. The molecule has 2 saturated carbocycles. The van der Waals surface area contributed by atoms with Crippen molar-refractivity contribution in [3.05, 3.63) is 23.3 Å². The van der Waals surface area contributed by atoms with Gasteiger partial charge in [-0.15, -0.1) is 0 Å². The van der Waals surface area contributed by atoms with E-state index in [0.717, 1.165) is 0 Å². The van der Waals surface area contributed by atoms with Crippen LogP contribution >= 0.6 is 0 Å². The fourth-order valence-corrected chi connectivity index (χ4v) is 7.23. The summed E-state index contributed by atoms with van der Waals surface area (Å²) >= 11 is 0. The molecule has 1 amide bonds. The molecule has 9 atom stereocenters. The lowest BCUT2D eigenvalue weighted by Crippen LogP contribution is -2.66. The van der Waals surface area contributed by atoms with E-state index in [1.165, 1.54) is 11.9 Å². The second-order valence-electron chi connectivity index (χ2n) is 11.5. The van der Waals surface area contributed by atoms with Crippen molar-refractivity contribution in [3.63, 3.8) is 0 Å². The maximum absolute atomic E-state index is 14.3. The third kappa shape index (κ3) is 3.00. The summed E-state index contributed by atoms with van der Waals surface area (Å²) in [7, 11) is 1.51. The van der Waals surface area contributed by atoms with Crippen LogP contribution in [-0.2, 0) is 9.53 Å². The molecule has 34 heavy (non-hydrogen) atoms. The number of ketones is 1. The molecule has 0 heterocycles. The monoisotopic (exact) mass is 472 g/mol. The minimum atomic E-state index is -2.16. The van der Waals surface area contributed by atoms with Gasteiger partial charge in [-0.25, -0.2) is 4.79 Å².